The van der Waals surface area contributed by atoms with E-state index in [4.69, 9.17) is 0 Å². The fraction of sp³-hybridized carbons (Fsp3) is 0.800. The zero-order valence-corrected chi connectivity index (χ0v) is 7.97. The molecule has 11 heavy (non-hydrogen) atoms. The van der Waals surface area contributed by atoms with Gasteiger partial charge in [-0.1, -0.05) is 26.0 Å². The van der Waals surface area contributed by atoms with Gasteiger partial charge in [0.2, 0.25) is 0 Å². The smallest absolute Gasteiger partial charge is 0.0999 e. The molecule has 0 spiro atoms. The summed E-state index contributed by atoms with van der Waals surface area (Å²) in [5, 5.41) is 0. The molecular weight excluding hydrogens is 139 g/mol. The van der Waals surface area contributed by atoms with Crippen LogP contribution < -0.4 is 0 Å². The van der Waals surface area contributed by atoms with Crippen molar-refractivity contribution in [3.63, 3.8) is 0 Å². The highest BCUT2D eigenvalue weighted by Crippen LogP contribution is 2.17. The van der Waals surface area contributed by atoms with Crippen LogP contribution in [0, 0.1) is 11.8 Å². The molecule has 0 amide bonds. The lowest BCUT2D eigenvalue weighted by Crippen LogP contribution is -2.11. The minimum Gasteiger partial charge on any atom is -0.248 e. The molecule has 0 radical (unpaired) electrons. The van der Waals surface area contributed by atoms with Crippen LogP contribution in [0.2, 0.25) is 0 Å². The number of allylic oxidation sites excluding steroid dienone is 2. The van der Waals surface area contributed by atoms with E-state index in [1.54, 1.807) is 6.92 Å². The van der Waals surface area contributed by atoms with Crippen LogP contribution in [0.3, 0.4) is 0 Å². The van der Waals surface area contributed by atoms with Crippen LogP contribution in [0.15, 0.2) is 12.2 Å². The highest BCUT2D eigenvalue weighted by Gasteiger charge is 2.12. The Hall–Kier alpha value is -0.330. The summed E-state index contributed by atoms with van der Waals surface area (Å²) < 4.78 is 12.7. The van der Waals surface area contributed by atoms with Crippen LogP contribution in [-0.2, 0) is 0 Å². The monoisotopic (exact) mass is 158 g/mol. The molecule has 0 bridgehead atoms. The molecule has 0 aliphatic carbocycles. The Labute approximate surface area is 69.5 Å². The average molecular weight is 158 g/mol. The first-order chi connectivity index (χ1) is 5.07. The molecule has 0 aliphatic heterocycles. The Morgan fingerprint density at radius 3 is 2.18 bits per heavy atom. The number of hydrogen-bond acceptors (Lipinski definition) is 0. The van der Waals surface area contributed by atoms with Crippen LogP contribution >= 0.6 is 0 Å². The van der Waals surface area contributed by atoms with Crippen molar-refractivity contribution in [3.8, 4) is 0 Å². The first-order valence-corrected chi connectivity index (χ1v) is 4.34. The molecule has 0 unspecified atom stereocenters. The summed E-state index contributed by atoms with van der Waals surface area (Å²) >= 11 is 0. The van der Waals surface area contributed by atoms with E-state index >= 15 is 0 Å². The zero-order chi connectivity index (χ0) is 8.85. The summed E-state index contributed by atoms with van der Waals surface area (Å²) in [6.07, 6.45) is 4.42. The van der Waals surface area contributed by atoms with Crippen molar-refractivity contribution < 1.29 is 4.39 Å². The molecule has 66 valence electrons. The number of halogens is 1. The van der Waals surface area contributed by atoms with Gasteiger partial charge in [-0.3, -0.25) is 0 Å². The zero-order valence-electron chi connectivity index (χ0n) is 7.97. The predicted molar refractivity (Wildman–Crippen MR) is 48.3 cm³/mol. The maximum Gasteiger partial charge on any atom is 0.0999 e. The van der Waals surface area contributed by atoms with Gasteiger partial charge in [0.15, 0.2) is 0 Å². The van der Waals surface area contributed by atoms with Crippen molar-refractivity contribution >= 4 is 0 Å². The fourth-order valence-corrected chi connectivity index (χ4v) is 1.18. The minimum absolute atomic E-state index is 0.182. The second-order valence-corrected chi connectivity index (χ2v) is 3.39. The quantitative estimate of drug-likeness (QED) is 0.548. The van der Waals surface area contributed by atoms with Crippen molar-refractivity contribution in [3.05, 3.63) is 12.2 Å². The van der Waals surface area contributed by atoms with E-state index in [1.807, 2.05) is 19.9 Å². The summed E-state index contributed by atoms with van der Waals surface area (Å²) in [7, 11) is 0. The number of hydrogen-bond donors (Lipinski definition) is 0. The van der Waals surface area contributed by atoms with Gasteiger partial charge in [-0.2, -0.15) is 0 Å². The second-order valence-electron chi connectivity index (χ2n) is 3.39. The third-order valence-corrected chi connectivity index (χ3v) is 2.05. The van der Waals surface area contributed by atoms with Crippen LogP contribution in [-0.4, -0.2) is 6.17 Å². The van der Waals surface area contributed by atoms with Gasteiger partial charge in [0.05, 0.1) is 6.17 Å². The Balaban J connectivity index is 3.65. The van der Waals surface area contributed by atoms with E-state index in [0.717, 1.165) is 6.42 Å². The van der Waals surface area contributed by atoms with Gasteiger partial charge >= 0.3 is 0 Å². The molecule has 0 aromatic heterocycles. The maximum atomic E-state index is 12.7. The molecule has 0 aromatic carbocycles. The van der Waals surface area contributed by atoms with E-state index in [2.05, 4.69) is 13.0 Å². The van der Waals surface area contributed by atoms with E-state index in [1.165, 1.54) is 0 Å². The maximum absolute atomic E-state index is 12.7. The molecule has 0 aliphatic rings. The van der Waals surface area contributed by atoms with E-state index in [9.17, 15) is 4.39 Å². The molecule has 0 nitrogen and oxygen atoms in total. The van der Waals surface area contributed by atoms with Gasteiger partial charge in [0.25, 0.3) is 0 Å². The Morgan fingerprint density at radius 1 is 1.27 bits per heavy atom. The standard InChI is InChI=1S/C10H19F/c1-5-6-8(2)7-9(3)10(4)11/h5-6,8-10H,7H2,1-4H3/b6-5-/t8-,9+,10+/m0/s1. The fourth-order valence-electron chi connectivity index (χ4n) is 1.18. The average Bonchev–Trinajstić information content (AvgIpc) is 1.87. The molecule has 0 aromatic rings. The van der Waals surface area contributed by atoms with Crippen LogP contribution in [0.5, 0.6) is 0 Å². The lowest BCUT2D eigenvalue weighted by atomic mass is 9.94. The lowest BCUT2D eigenvalue weighted by molar-refractivity contribution is 0.240. The highest BCUT2D eigenvalue weighted by molar-refractivity contribution is 4.84. The topological polar surface area (TPSA) is 0 Å². The van der Waals surface area contributed by atoms with E-state index in [-0.39, 0.29) is 5.92 Å². The van der Waals surface area contributed by atoms with Crippen LogP contribution in [0.25, 0.3) is 0 Å². The molecule has 0 fully saturated rings. The summed E-state index contributed by atoms with van der Waals surface area (Å²) in [6, 6.07) is 0. The van der Waals surface area contributed by atoms with Gasteiger partial charge in [0, 0.05) is 0 Å². The van der Waals surface area contributed by atoms with E-state index in [0.29, 0.717) is 5.92 Å². The van der Waals surface area contributed by atoms with Crippen LogP contribution in [0.1, 0.15) is 34.1 Å². The SMILES string of the molecule is C/C=C\[C@H](C)C[C@@H](C)[C@@H](C)F. The highest BCUT2D eigenvalue weighted by atomic mass is 19.1. The lowest BCUT2D eigenvalue weighted by Gasteiger charge is -2.15. The Morgan fingerprint density at radius 2 is 1.82 bits per heavy atom. The molecule has 0 saturated heterocycles. The van der Waals surface area contributed by atoms with Crippen molar-refractivity contribution in [2.24, 2.45) is 11.8 Å². The molecular formula is C10H19F. The first-order valence-electron chi connectivity index (χ1n) is 4.34. The van der Waals surface area contributed by atoms with Gasteiger partial charge in [-0.15, -0.1) is 0 Å². The van der Waals surface area contributed by atoms with Crippen molar-refractivity contribution in [1.82, 2.24) is 0 Å². The molecule has 3 atom stereocenters. The van der Waals surface area contributed by atoms with Crippen LogP contribution in [0.4, 0.5) is 4.39 Å². The first kappa shape index (κ1) is 10.7. The molecule has 0 saturated carbocycles. The van der Waals surface area contributed by atoms with Crippen molar-refractivity contribution in [1.29, 1.82) is 0 Å². The molecule has 1 heteroatoms. The van der Waals surface area contributed by atoms with Gasteiger partial charge in [0.1, 0.15) is 0 Å². The minimum atomic E-state index is -0.678. The van der Waals surface area contributed by atoms with E-state index < -0.39 is 6.17 Å². The largest absolute Gasteiger partial charge is 0.248 e. The molecule has 0 heterocycles. The van der Waals surface area contributed by atoms with Crippen molar-refractivity contribution in [2.75, 3.05) is 0 Å². The predicted octanol–water partition coefficient (Wildman–Crippen LogP) is 3.58. The Kier molecular flexibility index (Phi) is 5.18. The normalized spacial score (nSPS) is 20.1. The summed E-state index contributed by atoms with van der Waals surface area (Å²) in [5.74, 6) is 0.689. The molecule has 0 N–H and O–H groups in total. The third kappa shape index (κ3) is 5.00. The summed E-state index contributed by atoms with van der Waals surface area (Å²) in [5.41, 5.74) is 0. The Bertz CT molecular complexity index is 116. The van der Waals surface area contributed by atoms with Crippen molar-refractivity contribution in [2.45, 2.75) is 40.3 Å². The number of rotatable bonds is 4. The number of alkyl halides is 1. The second kappa shape index (κ2) is 5.34. The third-order valence-electron chi connectivity index (χ3n) is 2.05. The van der Waals surface area contributed by atoms with Gasteiger partial charge in [-0.05, 0) is 32.1 Å². The summed E-state index contributed by atoms with van der Waals surface area (Å²) in [4.78, 5) is 0. The van der Waals surface area contributed by atoms with Gasteiger partial charge < -0.3 is 0 Å². The molecule has 0 rings (SSSR count). The van der Waals surface area contributed by atoms with Gasteiger partial charge in [-0.25, -0.2) is 4.39 Å². The summed E-state index contributed by atoms with van der Waals surface area (Å²) in [6.45, 7) is 7.72.